The number of nitrogens with one attached hydrogen (secondary N) is 2. The Hall–Kier alpha value is -2.87. The lowest BCUT2D eigenvalue weighted by Gasteiger charge is -2.36. The Bertz CT molecular complexity index is 625. The Morgan fingerprint density at radius 3 is 1.18 bits per heavy atom. The molecule has 0 amide bonds. The summed E-state index contributed by atoms with van der Waals surface area (Å²) in [6.45, 7) is 0. The van der Waals surface area contributed by atoms with Gasteiger partial charge in [0.15, 0.2) is 0 Å². The van der Waals surface area contributed by atoms with Crippen molar-refractivity contribution in [1.82, 2.24) is 5.32 Å². The molecule has 0 unspecified atom stereocenters. The van der Waals surface area contributed by atoms with Gasteiger partial charge in [0.25, 0.3) is 0 Å². The Morgan fingerprint density at radius 2 is 0.909 bits per heavy atom. The molecule has 3 aromatic carbocycles. The molecule has 0 saturated carbocycles. The third-order valence-corrected chi connectivity index (χ3v) is 3.91. The molecule has 0 saturated heterocycles. The van der Waals surface area contributed by atoms with Crippen LogP contribution in [-0.4, -0.2) is 6.34 Å². The Balaban J connectivity index is 2.31. The lowest BCUT2D eigenvalue weighted by molar-refractivity contribution is 0.580. The zero-order valence-corrected chi connectivity index (χ0v) is 12.2. The van der Waals surface area contributed by atoms with Gasteiger partial charge < -0.3 is 5.32 Å². The number of hydrogen-bond donors (Lipinski definition) is 2. The van der Waals surface area contributed by atoms with Crippen molar-refractivity contribution in [3.05, 3.63) is 108 Å². The normalized spacial score (nSPS) is 10.9. The number of benzene rings is 3. The lowest BCUT2D eigenvalue weighted by atomic mass is 9.77. The van der Waals surface area contributed by atoms with Gasteiger partial charge in [0, 0.05) is 0 Å². The molecule has 108 valence electrons. The van der Waals surface area contributed by atoms with Crippen LogP contribution < -0.4 is 5.32 Å². The second-order valence-corrected chi connectivity index (χ2v) is 5.14. The summed E-state index contributed by atoms with van der Waals surface area (Å²) in [6.07, 6.45) is 1.27. The van der Waals surface area contributed by atoms with Crippen LogP contribution in [0.5, 0.6) is 0 Å². The molecular weight excluding hydrogens is 268 g/mol. The minimum absolute atomic E-state index is 0.564. The molecule has 0 aromatic heterocycles. The minimum Gasteiger partial charge on any atom is -0.359 e. The molecular formula is C20H18N2. The SMILES string of the molecule is N=CNC(c1ccccc1)(c1ccccc1)c1ccccc1. The molecule has 0 aliphatic carbocycles. The first-order chi connectivity index (χ1) is 10.9. The molecule has 0 radical (unpaired) electrons. The highest BCUT2D eigenvalue weighted by Gasteiger charge is 2.35. The predicted octanol–water partition coefficient (Wildman–Crippen LogP) is 4.18. The first-order valence-corrected chi connectivity index (χ1v) is 7.31. The Kier molecular flexibility index (Phi) is 4.01. The summed E-state index contributed by atoms with van der Waals surface area (Å²) in [5.41, 5.74) is 2.76. The van der Waals surface area contributed by atoms with E-state index in [-0.39, 0.29) is 0 Å². The van der Waals surface area contributed by atoms with E-state index in [0.717, 1.165) is 16.7 Å². The van der Waals surface area contributed by atoms with Crippen molar-refractivity contribution >= 4 is 6.34 Å². The second-order valence-electron chi connectivity index (χ2n) is 5.14. The van der Waals surface area contributed by atoms with Gasteiger partial charge in [-0.25, -0.2) is 0 Å². The van der Waals surface area contributed by atoms with Crippen LogP contribution in [0.2, 0.25) is 0 Å². The summed E-state index contributed by atoms with van der Waals surface area (Å²) in [5.74, 6) is 0. The van der Waals surface area contributed by atoms with Crippen molar-refractivity contribution in [3.63, 3.8) is 0 Å². The molecule has 2 N–H and O–H groups in total. The highest BCUT2D eigenvalue weighted by Crippen LogP contribution is 2.36. The number of hydrogen-bond acceptors (Lipinski definition) is 1. The molecule has 0 heterocycles. The van der Waals surface area contributed by atoms with Crippen LogP contribution in [0.4, 0.5) is 0 Å². The maximum absolute atomic E-state index is 7.67. The minimum atomic E-state index is -0.564. The van der Waals surface area contributed by atoms with Crippen LogP contribution in [0, 0.1) is 5.41 Å². The van der Waals surface area contributed by atoms with Gasteiger partial charge >= 0.3 is 0 Å². The summed E-state index contributed by atoms with van der Waals surface area (Å²) in [5, 5.41) is 11.0. The van der Waals surface area contributed by atoms with Crippen molar-refractivity contribution < 1.29 is 0 Å². The lowest BCUT2D eigenvalue weighted by Crippen LogP contribution is -2.43. The van der Waals surface area contributed by atoms with Gasteiger partial charge in [-0.1, -0.05) is 91.0 Å². The second kappa shape index (κ2) is 6.27. The fraction of sp³-hybridized carbons (Fsp3) is 0.0500. The van der Waals surface area contributed by atoms with E-state index in [1.54, 1.807) is 0 Å². The molecule has 2 nitrogen and oxygen atoms in total. The van der Waals surface area contributed by atoms with Gasteiger partial charge in [-0.05, 0) is 16.7 Å². The third-order valence-electron chi connectivity index (χ3n) is 3.91. The van der Waals surface area contributed by atoms with Crippen molar-refractivity contribution in [2.75, 3.05) is 0 Å². The Morgan fingerprint density at radius 1 is 0.591 bits per heavy atom. The van der Waals surface area contributed by atoms with Crippen LogP contribution in [0.3, 0.4) is 0 Å². The summed E-state index contributed by atoms with van der Waals surface area (Å²) < 4.78 is 0. The quantitative estimate of drug-likeness (QED) is 0.412. The molecule has 0 aliphatic heterocycles. The van der Waals surface area contributed by atoms with Gasteiger partial charge in [0.05, 0.1) is 6.34 Å². The standard InChI is InChI=1S/C20H18N2/c21-16-22-20(17-10-4-1-5-11-17,18-12-6-2-7-13-18)19-14-8-3-9-15-19/h1-16H,(H2,21,22). The van der Waals surface area contributed by atoms with E-state index in [9.17, 15) is 0 Å². The predicted molar refractivity (Wildman–Crippen MR) is 91.1 cm³/mol. The fourth-order valence-corrected chi connectivity index (χ4v) is 2.92. The zero-order valence-electron chi connectivity index (χ0n) is 12.2. The van der Waals surface area contributed by atoms with Crippen molar-refractivity contribution in [2.45, 2.75) is 5.54 Å². The van der Waals surface area contributed by atoms with E-state index in [0.29, 0.717) is 0 Å². The van der Waals surface area contributed by atoms with Crippen LogP contribution >= 0.6 is 0 Å². The molecule has 22 heavy (non-hydrogen) atoms. The maximum atomic E-state index is 7.67. The molecule has 0 spiro atoms. The molecule has 3 rings (SSSR count). The molecule has 0 bridgehead atoms. The molecule has 0 atom stereocenters. The van der Waals surface area contributed by atoms with Gasteiger partial charge in [-0.15, -0.1) is 0 Å². The zero-order chi connectivity index (χ0) is 15.3. The van der Waals surface area contributed by atoms with Crippen molar-refractivity contribution in [2.24, 2.45) is 0 Å². The average Bonchev–Trinajstić information content (AvgIpc) is 2.62. The van der Waals surface area contributed by atoms with Gasteiger partial charge in [-0.2, -0.15) is 0 Å². The van der Waals surface area contributed by atoms with E-state index in [1.165, 1.54) is 6.34 Å². The van der Waals surface area contributed by atoms with Crippen LogP contribution in [0.25, 0.3) is 0 Å². The fourth-order valence-electron chi connectivity index (χ4n) is 2.92. The van der Waals surface area contributed by atoms with Crippen molar-refractivity contribution in [3.8, 4) is 0 Å². The maximum Gasteiger partial charge on any atom is 0.114 e. The summed E-state index contributed by atoms with van der Waals surface area (Å²) in [6, 6.07) is 30.8. The monoisotopic (exact) mass is 286 g/mol. The largest absolute Gasteiger partial charge is 0.359 e. The van der Waals surface area contributed by atoms with Crippen LogP contribution in [-0.2, 0) is 5.54 Å². The highest BCUT2D eigenvalue weighted by atomic mass is 15.0. The van der Waals surface area contributed by atoms with E-state index in [2.05, 4.69) is 41.7 Å². The third kappa shape index (κ3) is 2.40. The van der Waals surface area contributed by atoms with E-state index in [1.807, 2.05) is 54.6 Å². The molecule has 3 aromatic rings. The first-order valence-electron chi connectivity index (χ1n) is 7.31. The van der Waals surface area contributed by atoms with E-state index >= 15 is 0 Å². The van der Waals surface area contributed by atoms with E-state index < -0.39 is 5.54 Å². The van der Waals surface area contributed by atoms with Gasteiger partial charge in [-0.3, -0.25) is 5.41 Å². The molecule has 0 fully saturated rings. The average molecular weight is 286 g/mol. The Labute approximate surface area is 131 Å². The van der Waals surface area contributed by atoms with Crippen LogP contribution in [0.15, 0.2) is 91.0 Å². The van der Waals surface area contributed by atoms with E-state index in [4.69, 9.17) is 5.41 Å². The van der Waals surface area contributed by atoms with Gasteiger partial charge in [0.2, 0.25) is 0 Å². The van der Waals surface area contributed by atoms with Gasteiger partial charge in [0.1, 0.15) is 5.54 Å². The van der Waals surface area contributed by atoms with Crippen molar-refractivity contribution in [1.29, 1.82) is 5.41 Å². The summed E-state index contributed by atoms with van der Waals surface area (Å²) in [7, 11) is 0. The smallest absolute Gasteiger partial charge is 0.114 e. The first kappa shape index (κ1) is 14.1. The molecule has 0 aliphatic rings. The summed E-state index contributed by atoms with van der Waals surface area (Å²) in [4.78, 5) is 0. The topological polar surface area (TPSA) is 35.9 Å². The number of rotatable bonds is 5. The molecule has 2 heteroatoms. The summed E-state index contributed by atoms with van der Waals surface area (Å²) >= 11 is 0. The van der Waals surface area contributed by atoms with Crippen LogP contribution in [0.1, 0.15) is 16.7 Å². The highest BCUT2D eigenvalue weighted by molar-refractivity contribution is 5.60.